The zero-order chi connectivity index (χ0) is 21.0. The number of hydrogen-bond acceptors (Lipinski definition) is 6. The number of hydrogen-bond donors (Lipinski definition) is 2. The Hall–Kier alpha value is -3.01. The number of imidazole rings is 1. The van der Waals surface area contributed by atoms with Crippen LogP contribution in [0.25, 0.3) is 0 Å². The average molecular weight is 417 g/mol. The van der Waals surface area contributed by atoms with Gasteiger partial charge in [-0.05, 0) is 31.0 Å². The van der Waals surface area contributed by atoms with Crippen molar-refractivity contribution in [2.45, 2.75) is 37.5 Å². The van der Waals surface area contributed by atoms with E-state index in [-0.39, 0.29) is 5.75 Å². The van der Waals surface area contributed by atoms with Crippen molar-refractivity contribution in [1.29, 1.82) is 0 Å². The summed E-state index contributed by atoms with van der Waals surface area (Å²) in [7, 11) is 1.54. The Morgan fingerprint density at radius 2 is 2.03 bits per heavy atom. The molecule has 0 radical (unpaired) electrons. The molecule has 2 heterocycles. The van der Waals surface area contributed by atoms with Gasteiger partial charge in [-0.3, -0.25) is 15.0 Å². The zero-order valence-electron chi connectivity index (χ0n) is 16.5. The standard InChI is InChI=1S/C19H23N5O4S/c1-4-10-23-11-9-20-18(23)29-12-15(25)22-24-16(26)19(2,21-17(24)27)13-5-7-14(28-3)8-6-13/h5-9,11H,4,10,12H2,1-3H3,(H,21,27)(H,22,25)/t19-/m1/s1. The molecule has 9 nitrogen and oxygen atoms in total. The zero-order valence-corrected chi connectivity index (χ0v) is 17.3. The molecule has 1 atom stereocenters. The van der Waals surface area contributed by atoms with Gasteiger partial charge in [0.15, 0.2) is 5.16 Å². The Kier molecular flexibility index (Phi) is 6.12. The first-order valence-electron chi connectivity index (χ1n) is 9.13. The second-order valence-electron chi connectivity index (χ2n) is 6.65. The number of ether oxygens (including phenoxy) is 1. The molecule has 0 saturated carbocycles. The fourth-order valence-electron chi connectivity index (χ4n) is 2.99. The summed E-state index contributed by atoms with van der Waals surface area (Å²) in [5.41, 5.74) is 1.70. The van der Waals surface area contributed by atoms with E-state index in [1.807, 2.05) is 10.8 Å². The van der Waals surface area contributed by atoms with Crippen molar-refractivity contribution in [3.63, 3.8) is 0 Å². The quantitative estimate of drug-likeness (QED) is 0.502. The van der Waals surface area contributed by atoms with Crippen molar-refractivity contribution in [2.75, 3.05) is 12.9 Å². The monoisotopic (exact) mass is 417 g/mol. The van der Waals surface area contributed by atoms with Crippen LogP contribution in [0.15, 0.2) is 41.8 Å². The minimum atomic E-state index is -1.28. The number of nitrogens with zero attached hydrogens (tertiary/aromatic N) is 3. The lowest BCUT2D eigenvalue weighted by molar-refractivity contribution is -0.138. The Morgan fingerprint density at radius 3 is 2.69 bits per heavy atom. The number of urea groups is 1. The Balaban J connectivity index is 1.64. The van der Waals surface area contributed by atoms with Gasteiger partial charge < -0.3 is 14.6 Å². The number of aryl methyl sites for hydroxylation is 1. The van der Waals surface area contributed by atoms with E-state index in [1.54, 1.807) is 44.5 Å². The first-order chi connectivity index (χ1) is 13.9. The molecule has 10 heteroatoms. The Bertz CT molecular complexity index is 914. The molecule has 1 fully saturated rings. The molecule has 1 aromatic carbocycles. The molecule has 154 valence electrons. The molecule has 1 saturated heterocycles. The highest BCUT2D eigenvalue weighted by molar-refractivity contribution is 7.99. The number of carbonyl (C=O) groups is 3. The van der Waals surface area contributed by atoms with Crippen LogP contribution in [-0.4, -0.2) is 45.3 Å². The van der Waals surface area contributed by atoms with E-state index in [1.165, 1.54) is 11.8 Å². The molecule has 0 aliphatic carbocycles. The van der Waals surface area contributed by atoms with Crippen molar-refractivity contribution in [3.8, 4) is 5.75 Å². The molecule has 29 heavy (non-hydrogen) atoms. The first kappa shape index (κ1) is 20.7. The lowest BCUT2D eigenvalue weighted by Gasteiger charge is -2.22. The SMILES string of the molecule is CCCn1ccnc1SCC(=O)NN1C(=O)N[C@](C)(c2ccc(OC)cc2)C1=O. The van der Waals surface area contributed by atoms with Gasteiger partial charge >= 0.3 is 6.03 Å². The Labute approximate surface area is 172 Å². The largest absolute Gasteiger partial charge is 0.497 e. The summed E-state index contributed by atoms with van der Waals surface area (Å²) in [6.45, 7) is 4.45. The van der Waals surface area contributed by atoms with Crippen LogP contribution in [0, 0.1) is 0 Å². The van der Waals surface area contributed by atoms with Gasteiger partial charge in [0.2, 0.25) is 5.91 Å². The van der Waals surface area contributed by atoms with Crippen molar-refractivity contribution in [3.05, 3.63) is 42.2 Å². The predicted octanol–water partition coefficient (Wildman–Crippen LogP) is 1.89. The van der Waals surface area contributed by atoms with Crippen LogP contribution in [-0.2, 0) is 21.7 Å². The smallest absolute Gasteiger partial charge is 0.344 e. The van der Waals surface area contributed by atoms with Gasteiger partial charge in [-0.15, -0.1) is 0 Å². The first-order valence-corrected chi connectivity index (χ1v) is 10.1. The van der Waals surface area contributed by atoms with Crippen molar-refractivity contribution in [1.82, 2.24) is 25.3 Å². The van der Waals surface area contributed by atoms with E-state index in [9.17, 15) is 14.4 Å². The van der Waals surface area contributed by atoms with E-state index in [0.717, 1.165) is 18.0 Å². The van der Waals surface area contributed by atoms with Crippen molar-refractivity contribution < 1.29 is 19.1 Å². The average Bonchev–Trinajstić information content (AvgIpc) is 3.25. The van der Waals surface area contributed by atoms with Crippen LogP contribution >= 0.6 is 11.8 Å². The molecule has 4 amide bonds. The molecule has 3 rings (SSSR count). The number of rotatable bonds is 8. The second-order valence-corrected chi connectivity index (χ2v) is 7.59. The van der Waals surface area contributed by atoms with E-state index in [0.29, 0.717) is 16.5 Å². The maximum atomic E-state index is 12.9. The number of hydrazine groups is 1. The molecule has 1 aliphatic rings. The normalized spacial score (nSPS) is 18.7. The molecule has 2 aromatic rings. The van der Waals surface area contributed by atoms with E-state index >= 15 is 0 Å². The maximum Gasteiger partial charge on any atom is 0.344 e. The van der Waals surface area contributed by atoms with Crippen LogP contribution in [0.2, 0.25) is 0 Å². The van der Waals surface area contributed by atoms with Crippen LogP contribution in [0.4, 0.5) is 4.79 Å². The van der Waals surface area contributed by atoms with Gasteiger partial charge in [-0.2, -0.15) is 5.01 Å². The molecule has 0 spiro atoms. The van der Waals surface area contributed by atoms with E-state index < -0.39 is 23.4 Å². The third-order valence-electron chi connectivity index (χ3n) is 4.57. The molecular weight excluding hydrogens is 394 g/mol. The minimum absolute atomic E-state index is 0.0248. The number of aromatic nitrogens is 2. The summed E-state index contributed by atoms with van der Waals surface area (Å²) in [6.07, 6.45) is 4.47. The van der Waals surface area contributed by atoms with Gasteiger partial charge in [0.25, 0.3) is 5.91 Å². The summed E-state index contributed by atoms with van der Waals surface area (Å²) in [6, 6.07) is 6.13. The van der Waals surface area contributed by atoms with Crippen molar-refractivity contribution in [2.24, 2.45) is 0 Å². The van der Waals surface area contributed by atoms with Crippen LogP contribution in [0.1, 0.15) is 25.8 Å². The van der Waals surface area contributed by atoms with Gasteiger partial charge in [-0.25, -0.2) is 9.78 Å². The minimum Gasteiger partial charge on any atom is -0.497 e. The summed E-state index contributed by atoms with van der Waals surface area (Å²) in [5.74, 6) is -0.364. The highest BCUT2D eigenvalue weighted by Crippen LogP contribution is 2.29. The third kappa shape index (κ3) is 4.21. The number of amides is 4. The van der Waals surface area contributed by atoms with Crippen LogP contribution in [0.3, 0.4) is 0 Å². The fraction of sp³-hybridized carbons (Fsp3) is 0.368. The second kappa shape index (κ2) is 8.56. The Morgan fingerprint density at radius 1 is 1.31 bits per heavy atom. The number of methoxy groups -OCH3 is 1. The van der Waals surface area contributed by atoms with Gasteiger partial charge in [0.05, 0.1) is 12.9 Å². The summed E-state index contributed by atoms with van der Waals surface area (Å²) in [4.78, 5) is 41.8. The lowest BCUT2D eigenvalue weighted by atomic mass is 9.92. The van der Waals surface area contributed by atoms with E-state index in [2.05, 4.69) is 22.7 Å². The van der Waals surface area contributed by atoms with Gasteiger partial charge in [0, 0.05) is 18.9 Å². The number of nitrogens with one attached hydrogen (secondary N) is 2. The summed E-state index contributed by atoms with van der Waals surface area (Å²) in [5, 5.41) is 4.08. The van der Waals surface area contributed by atoms with E-state index in [4.69, 9.17) is 4.74 Å². The predicted molar refractivity (Wildman–Crippen MR) is 107 cm³/mol. The summed E-state index contributed by atoms with van der Waals surface area (Å²) >= 11 is 1.24. The number of benzene rings is 1. The molecule has 2 N–H and O–H groups in total. The molecule has 0 unspecified atom stereocenters. The highest BCUT2D eigenvalue weighted by Gasteiger charge is 2.50. The molecule has 1 aliphatic heterocycles. The fourth-order valence-corrected chi connectivity index (χ4v) is 3.77. The van der Waals surface area contributed by atoms with Gasteiger partial charge in [-0.1, -0.05) is 30.8 Å². The third-order valence-corrected chi connectivity index (χ3v) is 5.57. The van der Waals surface area contributed by atoms with Crippen molar-refractivity contribution >= 4 is 29.6 Å². The van der Waals surface area contributed by atoms with Gasteiger partial charge in [0.1, 0.15) is 11.3 Å². The van der Waals surface area contributed by atoms with Crippen LogP contribution in [0.5, 0.6) is 5.75 Å². The molecular formula is C19H23N5O4S. The summed E-state index contributed by atoms with van der Waals surface area (Å²) < 4.78 is 7.07. The topological polar surface area (TPSA) is 106 Å². The number of imide groups is 1. The van der Waals surface area contributed by atoms with Crippen LogP contribution < -0.4 is 15.5 Å². The molecule has 0 bridgehead atoms. The number of carbonyl (C=O) groups excluding carboxylic acids is 3. The highest BCUT2D eigenvalue weighted by atomic mass is 32.2. The number of thioether (sulfide) groups is 1. The maximum absolute atomic E-state index is 12.9. The molecule has 1 aromatic heterocycles. The lowest BCUT2D eigenvalue weighted by Crippen LogP contribution is -2.48.